The Morgan fingerprint density at radius 2 is 1.38 bits per heavy atom. The van der Waals surface area contributed by atoms with Crippen molar-refractivity contribution in [2.75, 3.05) is 0 Å². The van der Waals surface area contributed by atoms with Crippen LogP contribution >= 0.6 is 0 Å². The van der Waals surface area contributed by atoms with Crippen molar-refractivity contribution in [2.45, 2.75) is 47.1 Å². The second-order valence-corrected chi connectivity index (χ2v) is 7.61. The van der Waals surface area contributed by atoms with Crippen LogP contribution in [0, 0.1) is 41.4 Å². The molecule has 0 fully saturated rings. The minimum Gasteiger partial charge on any atom is -0.385 e. The van der Waals surface area contributed by atoms with Gasteiger partial charge >= 0.3 is 0 Å². The Balaban J connectivity index is 2.23. The Labute approximate surface area is 130 Å². The predicted octanol–water partition coefficient (Wildman–Crippen LogP) is 4.85. The molecule has 0 aromatic rings. The third-order valence-electron chi connectivity index (χ3n) is 6.30. The Hall–Kier alpha value is -0.820. The van der Waals surface area contributed by atoms with Gasteiger partial charge in [0.25, 0.3) is 0 Å². The second kappa shape index (κ2) is 6.12. The van der Waals surface area contributed by atoms with Crippen LogP contribution in [-0.4, -0.2) is 10.7 Å². The van der Waals surface area contributed by atoms with Gasteiger partial charge in [0.1, 0.15) is 0 Å². The topological polar surface area (TPSA) is 20.2 Å². The van der Waals surface area contributed by atoms with E-state index in [1.807, 2.05) is 0 Å². The largest absolute Gasteiger partial charge is 0.385 e. The zero-order valence-electron chi connectivity index (χ0n) is 14.5. The van der Waals surface area contributed by atoms with E-state index in [4.69, 9.17) is 0 Å². The molecular formula is C20H32O. The average Bonchev–Trinajstić information content (AvgIpc) is 2.45. The average molecular weight is 288 g/mol. The van der Waals surface area contributed by atoms with Crippen molar-refractivity contribution in [3.63, 3.8) is 0 Å². The van der Waals surface area contributed by atoms with Crippen LogP contribution in [0.25, 0.3) is 0 Å². The Morgan fingerprint density at radius 1 is 0.810 bits per heavy atom. The van der Waals surface area contributed by atoms with E-state index >= 15 is 0 Å². The van der Waals surface area contributed by atoms with E-state index < -0.39 is 5.60 Å². The highest BCUT2D eigenvalue weighted by atomic mass is 16.3. The van der Waals surface area contributed by atoms with Gasteiger partial charge in [0.05, 0.1) is 5.60 Å². The summed E-state index contributed by atoms with van der Waals surface area (Å²) in [7, 11) is 0. The maximum absolute atomic E-state index is 11.2. The molecule has 0 aromatic heterocycles. The predicted molar refractivity (Wildman–Crippen MR) is 90.8 cm³/mol. The quantitative estimate of drug-likeness (QED) is 0.720. The van der Waals surface area contributed by atoms with Gasteiger partial charge in [-0.1, -0.05) is 78.0 Å². The summed E-state index contributed by atoms with van der Waals surface area (Å²) in [6.07, 6.45) is 13.5. The Kier molecular flexibility index (Phi) is 4.82. The molecule has 0 spiro atoms. The van der Waals surface area contributed by atoms with Gasteiger partial charge in [-0.3, -0.25) is 0 Å². The molecule has 2 rings (SSSR count). The second-order valence-electron chi connectivity index (χ2n) is 7.61. The first kappa shape index (κ1) is 16.5. The summed E-state index contributed by atoms with van der Waals surface area (Å²) in [6, 6.07) is 0. The van der Waals surface area contributed by atoms with Gasteiger partial charge < -0.3 is 5.11 Å². The fourth-order valence-corrected chi connectivity index (χ4v) is 3.90. The number of hydrogen-bond donors (Lipinski definition) is 1. The van der Waals surface area contributed by atoms with Crippen molar-refractivity contribution in [3.05, 3.63) is 36.5 Å². The van der Waals surface area contributed by atoms with Crippen LogP contribution in [-0.2, 0) is 0 Å². The molecule has 1 N–H and O–H groups in total. The summed E-state index contributed by atoms with van der Waals surface area (Å²) in [4.78, 5) is 0. The van der Waals surface area contributed by atoms with Crippen LogP contribution in [0.15, 0.2) is 36.5 Å². The molecule has 8 atom stereocenters. The third kappa shape index (κ3) is 3.04. The maximum Gasteiger partial charge on any atom is 0.0918 e. The summed E-state index contributed by atoms with van der Waals surface area (Å²) < 4.78 is 0. The maximum atomic E-state index is 11.2. The molecule has 0 amide bonds. The highest BCUT2D eigenvalue weighted by Crippen LogP contribution is 2.40. The fourth-order valence-electron chi connectivity index (χ4n) is 3.90. The Bertz CT molecular complexity index is 447. The Morgan fingerprint density at radius 3 is 2.05 bits per heavy atom. The van der Waals surface area contributed by atoms with Crippen LogP contribution in [0.1, 0.15) is 41.5 Å². The van der Waals surface area contributed by atoms with E-state index in [1.165, 1.54) is 0 Å². The lowest BCUT2D eigenvalue weighted by Crippen LogP contribution is -2.45. The first-order valence-corrected chi connectivity index (χ1v) is 8.55. The van der Waals surface area contributed by atoms with Gasteiger partial charge in [-0.15, -0.1) is 0 Å². The van der Waals surface area contributed by atoms with E-state index in [9.17, 15) is 5.11 Å². The summed E-state index contributed by atoms with van der Waals surface area (Å²) in [5.41, 5.74) is -0.710. The molecule has 2 aliphatic carbocycles. The fraction of sp³-hybridized carbons (Fsp3) is 0.700. The minimum absolute atomic E-state index is 0.183. The SMILES string of the molecule is CC1C=CC(C)C(/C=C/C2(O)C(C)C=CC(C)C2C)C1C. The number of rotatable bonds is 2. The number of aliphatic hydroxyl groups is 1. The van der Waals surface area contributed by atoms with Gasteiger partial charge in [0.2, 0.25) is 0 Å². The van der Waals surface area contributed by atoms with E-state index in [2.05, 4.69) is 78.0 Å². The molecule has 0 aliphatic heterocycles. The molecule has 2 aliphatic rings. The van der Waals surface area contributed by atoms with Crippen molar-refractivity contribution in [1.29, 1.82) is 0 Å². The van der Waals surface area contributed by atoms with Crippen LogP contribution in [0.4, 0.5) is 0 Å². The molecule has 8 unspecified atom stereocenters. The standard InChI is InChI=1S/C20H32O/c1-13-7-8-15(3)19(17(13)5)11-12-20(21)16(4)10-9-14(2)18(20)6/h7-19,21H,1-6H3/b12-11+. The molecular weight excluding hydrogens is 256 g/mol. The molecule has 118 valence electrons. The van der Waals surface area contributed by atoms with E-state index in [1.54, 1.807) is 0 Å². The molecule has 1 nitrogen and oxygen atoms in total. The molecule has 0 saturated carbocycles. The van der Waals surface area contributed by atoms with E-state index in [0.29, 0.717) is 29.6 Å². The molecule has 0 bridgehead atoms. The van der Waals surface area contributed by atoms with Crippen LogP contribution in [0.5, 0.6) is 0 Å². The van der Waals surface area contributed by atoms with Gasteiger partial charge in [0, 0.05) is 5.92 Å². The van der Waals surface area contributed by atoms with E-state index in [-0.39, 0.29) is 11.8 Å². The molecule has 0 saturated heterocycles. The summed E-state index contributed by atoms with van der Waals surface area (Å²) in [5.74, 6) is 3.19. The summed E-state index contributed by atoms with van der Waals surface area (Å²) in [5, 5.41) is 11.2. The van der Waals surface area contributed by atoms with Crippen molar-refractivity contribution in [1.82, 2.24) is 0 Å². The molecule has 0 radical (unpaired) electrons. The highest BCUT2D eigenvalue weighted by molar-refractivity contribution is 5.19. The van der Waals surface area contributed by atoms with Gasteiger partial charge in [0.15, 0.2) is 0 Å². The summed E-state index contributed by atoms with van der Waals surface area (Å²) in [6.45, 7) is 13.4. The molecule has 21 heavy (non-hydrogen) atoms. The molecule has 0 aromatic carbocycles. The minimum atomic E-state index is -0.710. The molecule has 1 heteroatoms. The van der Waals surface area contributed by atoms with Gasteiger partial charge in [-0.25, -0.2) is 0 Å². The van der Waals surface area contributed by atoms with Crippen LogP contribution < -0.4 is 0 Å². The smallest absolute Gasteiger partial charge is 0.0918 e. The summed E-state index contributed by atoms with van der Waals surface area (Å²) >= 11 is 0. The van der Waals surface area contributed by atoms with E-state index in [0.717, 1.165) is 0 Å². The zero-order valence-corrected chi connectivity index (χ0v) is 14.5. The monoisotopic (exact) mass is 288 g/mol. The molecule has 0 heterocycles. The van der Waals surface area contributed by atoms with Crippen molar-refractivity contribution < 1.29 is 5.11 Å². The highest BCUT2D eigenvalue weighted by Gasteiger charge is 2.41. The van der Waals surface area contributed by atoms with Crippen LogP contribution in [0.3, 0.4) is 0 Å². The number of allylic oxidation sites excluding steroid dienone is 4. The van der Waals surface area contributed by atoms with Gasteiger partial charge in [-0.05, 0) is 35.5 Å². The van der Waals surface area contributed by atoms with Gasteiger partial charge in [-0.2, -0.15) is 0 Å². The lowest BCUT2D eigenvalue weighted by Gasteiger charge is -2.42. The number of hydrogen-bond acceptors (Lipinski definition) is 1. The normalized spacial score (nSPS) is 50.7. The lowest BCUT2D eigenvalue weighted by atomic mass is 9.67. The first-order valence-electron chi connectivity index (χ1n) is 8.55. The zero-order chi connectivity index (χ0) is 15.8. The van der Waals surface area contributed by atoms with Crippen molar-refractivity contribution in [3.8, 4) is 0 Å². The lowest BCUT2D eigenvalue weighted by molar-refractivity contribution is -0.0185. The van der Waals surface area contributed by atoms with Crippen molar-refractivity contribution >= 4 is 0 Å². The van der Waals surface area contributed by atoms with Crippen LogP contribution in [0.2, 0.25) is 0 Å². The first-order chi connectivity index (χ1) is 9.77. The van der Waals surface area contributed by atoms with Crippen molar-refractivity contribution in [2.24, 2.45) is 41.4 Å². The third-order valence-corrected chi connectivity index (χ3v) is 6.30.